The highest BCUT2D eigenvalue weighted by molar-refractivity contribution is 4.84. The number of nitrogens with zero attached hydrogens (tertiary/aromatic N) is 1. The van der Waals surface area contributed by atoms with Gasteiger partial charge in [-0.1, -0.05) is 0 Å². The molecule has 0 aromatic carbocycles. The summed E-state index contributed by atoms with van der Waals surface area (Å²) in [6.45, 7) is 14.5. The Morgan fingerprint density at radius 1 is 1.36 bits per heavy atom. The van der Waals surface area contributed by atoms with E-state index in [9.17, 15) is 0 Å². The molecule has 2 heteroatoms. The van der Waals surface area contributed by atoms with Gasteiger partial charge in [0.1, 0.15) is 0 Å². The van der Waals surface area contributed by atoms with Crippen molar-refractivity contribution in [3.05, 3.63) is 0 Å². The maximum absolute atomic E-state index is 5.66. The minimum absolute atomic E-state index is 0.326. The monoisotopic (exact) mass is 199 g/mol. The van der Waals surface area contributed by atoms with E-state index < -0.39 is 0 Å². The summed E-state index contributed by atoms with van der Waals surface area (Å²) in [6.07, 6.45) is 1.67. The van der Waals surface area contributed by atoms with Gasteiger partial charge in [0.25, 0.3) is 0 Å². The summed E-state index contributed by atoms with van der Waals surface area (Å²) in [4.78, 5) is 2.56. The quantitative estimate of drug-likeness (QED) is 0.692. The highest BCUT2D eigenvalue weighted by atomic mass is 16.5. The smallest absolute Gasteiger partial charge is 0.0519 e. The molecule has 1 heterocycles. The Morgan fingerprint density at radius 2 is 2.00 bits per heavy atom. The van der Waals surface area contributed by atoms with E-state index in [2.05, 4.69) is 39.5 Å². The minimum Gasteiger partial charge on any atom is -0.378 e. The SMILES string of the molecule is CC(C)OC[C@H]1CCN(C(C)(C)C)C1. The van der Waals surface area contributed by atoms with E-state index in [-0.39, 0.29) is 0 Å². The van der Waals surface area contributed by atoms with E-state index in [0.29, 0.717) is 11.6 Å². The molecule has 0 saturated carbocycles. The number of hydrogen-bond acceptors (Lipinski definition) is 2. The van der Waals surface area contributed by atoms with Gasteiger partial charge in [-0.05, 0) is 53.5 Å². The van der Waals surface area contributed by atoms with Crippen LogP contribution in [0.3, 0.4) is 0 Å². The fourth-order valence-electron chi connectivity index (χ4n) is 1.91. The normalized spacial score (nSPS) is 24.9. The third kappa shape index (κ3) is 3.58. The molecule has 1 atom stereocenters. The fourth-order valence-corrected chi connectivity index (χ4v) is 1.91. The Bertz CT molecular complexity index is 172. The first kappa shape index (κ1) is 12.0. The number of hydrogen-bond donors (Lipinski definition) is 0. The number of ether oxygens (including phenoxy) is 1. The Balaban J connectivity index is 2.27. The third-order valence-electron chi connectivity index (χ3n) is 2.90. The van der Waals surface area contributed by atoms with Crippen LogP contribution in [-0.4, -0.2) is 36.2 Å². The van der Waals surface area contributed by atoms with Gasteiger partial charge < -0.3 is 4.74 Å². The standard InChI is InChI=1S/C12H25NO/c1-10(2)14-9-11-6-7-13(8-11)12(3,4)5/h10-11H,6-9H2,1-5H3/t11-/m0/s1. The second kappa shape index (κ2) is 4.63. The van der Waals surface area contributed by atoms with Crippen LogP contribution >= 0.6 is 0 Å². The van der Waals surface area contributed by atoms with Crippen molar-refractivity contribution < 1.29 is 4.74 Å². The molecule has 0 spiro atoms. The lowest BCUT2D eigenvalue weighted by Crippen LogP contribution is -2.39. The molecule has 1 saturated heterocycles. The minimum atomic E-state index is 0.326. The van der Waals surface area contributed by atoms with Gasteiger partial charge in [0.2, 0.25) is 0 Å². The third-order valence-corrected chi connectivity index (χ3v) is 2.90. The van der Waals surface area contributed by atoms with Crippen molar-refractivity contribution in [2.24, 2.45) is 5.92 Å². The Morgan fingerprint density at radius 3 is 2.43 bits per heavy atom. The average Bonchev–Trinajstić information content (AvgIpc) is 2.47. The van der Waals surface area contributed by atoms with Gasteiger partial charge in [-0.2, -0.15) is 0 Å². The van der Waals surface area contributed by atoms with E-state index in [0.717, 1.165) is 12.5 Å². The molecule has 0 aromatic rings. The Kier molecular flexibility index (Phi) is 3.96. The number of rotatable bonds is 3. The van der Waals surface area contributed by atoms with Crippen LogP contribution in [0.25, 0.3) is 0 Å². The van der Waals surface area contributed by atoms with Crippen LogP contribution in [0.4, 0.5) is 0 Å². The zero-order valence-electron chi connectivity index (χ0n) is 10.3. The highest BCUT2D eigenvalue weighted by Crippen LogP contribution is 2.24. The first-order chi connectivity index (χ1) is 6.39. The zero-order valence-corrected chi connectivity index (χ0v) is 10.3. The predicted octanol–water partition coefficient (Wildman–Crippen LogP) is 2.53. The second-order valence-electron chi connectivity index (χ2n) is 5.65. The lowest BCUT2D eigenvalue weighted by atomic mass is 10.1. The number of likely N-dealkylation sites (tertiary alicyclic amines) is 1. The van der Waals surface area contributed by atoms with Crippen LogP contribution in [0.15, 0.2) is 0 Å². The summed E-state index contributed by atoms with van der Waals surface area (Å²) < 4.78 is 5.66. The van der Waals surface area contributed by atoms with Gasteiger partial charge in [-0.25, -0.2) is 0 Å². The van der Waals surface area contributed by atoms with Gasteiger partial charge in [-0.3, -0.25) is 4.90 Å². The van der Waals surface area contributed by atoms with Gasteiger partial charge in [-0.15, -0.1) is 0 Å². The van der Waals surface area contributed by atoms with Gasteiger partial charge in [0, 0.05) is 12.1 Å². The van der Waals surface area contributed by atoms with Crippen molar-refractivity contribution >= 4 is 0 Å². The molecule has 1 aliphatic heterocycles. The van der Waals surface area contributed by atoms with Crippen molar-refractivity contribution in [2.45, 2.75) is 52.7 Å². The van der Waals surface area contributed by atoms with Crippen molar-refractivity contribution in [3.63, 3.8) is 0 Å². The largest absolute Gasteiger partial charge is 0.378 e. The molecule has 0 bridgehead atoms. The van der Waals surface area contributed by atoms with E-state index in [4.69, 9.17) is 4.74 Å². The molecule has 0 aromatic heterocycles. The first-order valence-corrected chi connectivity index (χ1v) is 5.76. The van der Waals surface area contributed by atoms with Crippen LogP contribution in [-0.2, 0) is 4.74 Å². The molecule has 2 nitrogen and oxygen atoms in total. The lowest BCUT2D eigenvalue weighted by molar-refractivity contribution is 0.0495. The zero-order chi connectivity index (χ0) is 10.8. The Hall–Kier alpha value is -0.0800. The average molecular weight is 199 g/mol. The van der Waals surface area contributed by atoms with E-state index >= 15 is 0 Å². The van der Waals surface area contributed by atoms with Gasteiger partial charge >= 0.3 is 0 Å². The summed E-state index contributed by atoms with van der Waals surface area (Å²) in [5, 5.41) is 0. The summed E-state index contributed by atoms with van der Waals surface area (Å²) in [5.74, 6) is 0.747. The lowest BCUT2D eigenvalue weighted by Gasteiger charge is -2.31. The van der Waals surface area contributed by atoms with Crippen LogP contribution in [0.5, 0.6) is 0 Å². The van der Waals surface area contributed by atoms with Gasteiger partial charge in [0.05, 0.1) is 12.7 Å². The van der Waals surface area contributed by atoms with E-state index in [1.54, 1.807) is 0 Å². The van der Waals surface area contributed by atoms with Crippen LogP contribution < -0.4 is 0 Å². The molecule has 0 radical (unpaired) electrons. The van der Waals surface area contributed by atoms with Crippen LogP contribution in [0.1, 0.15) is 41.0 Å². The molecule has 1 fully saturated rings. The maximum Gasteiger partial charge on any atom is 0.0519 e. The predicted molar refractivity (Wildman–Crippen MR) is 60.5 cm³/mol. The molecular formula is C12H25NO. The van der Waals surface area contributed by atoms with Crippen molar-refractivity contribution in [1.82, 2.24) is 4.90 Å². The summed E-state index contributed by atoms with van der Waals surface area (Å²) in [6, 6.07) is 0. The summed E-state index contributed by atoms with van der Waals surface area (Å²) in [5.41, 5.74) is 0.326. The molecule has 0 unspecified atom stereocenters. The maximum atomic E-state index is 5.66. The summed E-state index contributed by atoms with van der Waals surface area (Å²) in [7, 11) is 0. The van der Waals surface area contributed by atoms with Gasteiger partial charge in [0.15, 0.2) is 0 Å². The van der Waals surface area contributed by atoms with Crippen molar-refractivity contribution in [3.8, 4) is 0 Å². The molecule has 0 aliphatic carbocycles. The molecule has 84 valence electrons. The highest BCUT2D eigenvalue weighted by Gasteiger charge is 2.30. The van der Waals surface area contributed by atoms with Crippen molar-refractivity contribution in [1.29, 1.82) is 0 Å². The first-order valence-electron chi connectivity index (χ1n) is 5.76. The molecule has 0 N–H and O–H groups in total. The van der Waals surface area contributed by atoms with Crippen molar-refractivity contribution in [2.75, 3.05) is 19.7 Å². The second-order valence-corrected chi connectivity index (χ2v) is 5.65. The van der Waals surface area contributed by atoms with E-state index in [1.807, 2.05) is 0 Å². The molecule has 0 amide bonds. The molecule has 1 rings (SSSR count). The Labute approximate surface area is 88.6 Å². The fraction of sp³-hybridized carbons (Fsp3) is 1.00. The topological polar surface area (TPSA) is 12.5 Å². The molecule has 1 aliphatic rings. The molecular weight excluding hydrogens is 174 g/mol. The van der Waals surface area contributed by atoms with E-state index in [1.165, 1.54) is 19.5 Å². The summed E-state index contributed by atoms with van der Waals surface area (Å²) >= 11 is 0. The van der Waals surface area contributed by atoms with Crippen LogP contribution in [0, 0.1) is 5.92 Å². The molecule has 14 heavy (non-hydrogen) atoms. The van der Waals surface area contributed by atoms with Crippen LogP contribution in [0.2, 0.25) is 0 Å².